The summed E-state index contributed by atoms with van der Waals surface area (Å²) in [5, 5.41) is 13.6. The highest BCUT2D eigenvalue weighted by molar-refractivity contribution is 6.02. The summed E-state index contributed by atoms with van der Waals surface area (Å²) in [7, 11) is 1.88. The zero-order chi connectivity index (χ0) is 14.5. The van der Waals surface area contributed by atoms with Gasteiger partial charge in [-0.3, -0.25) is 4.68 Å². The number of amidine groups is 1. The average Bonchev–Trinajstić information content (AvgIpc) is 2.89. The van der Waals surface area contributed by atoms with Crippen molar-refractivity contribution in [1.29, 1.82) is 5.26 Å². The van der Waals surface area contributed by atoms with Gasteiger partial charge in [0, 0.05) is 38.1 Å². The van der Waals surface area contributed by atoms with Crippen molar-refractivity contribution in [2.75, 3.05) is 13.6 Å². The van der Waals surface area contributed by atoms with Gasteiger partial charge in [0.1, 0.15) is 17.5 Å². The molecule has 2 heterocycles. The van der Waals surface area contributed by atoms with E-state index >= 15 is 0 Å². The Morgan fingerprint density at radius 3 is 3.05 bits per heavy atom. The second-order valence-electron chi connectivity index (χ2n) is 4.82. The summed E-state index contributed by atoms with van der Waals surface area (Å²) in [6.45, 7) is 3.69. The highest BCUT2D eigenvalue weighted by atomic mass is 15.3. The number of aliphatic imine (C=N–C) groups is 1. The molecule has 1 aliphatic heterocycles. The molecule has 6 nitrogen and oxygen atoms in total. The van der Waals surface area contributed by atoms with Gasteiger partial charge in [-0.25, -0.2) is 4.99 Å². The van der Waals surface area contributed by atoms with Crippen molar-refractivity contribution < 1.29 is 0 Å². The minimum absolute atomic E-state index is 0.361. The molecule has 0 amide bonds. The lowest BCUT2D eigenvalue weighted by Gasteiger charge is -2.17. The van der Waals surface area contributed by atoms with E-state index in [4.69, 9.17) is 11.0 Å². The smallest absolute Gasteiger partial charge is 0.176 e. The predicted octanol–water partition coefficient (Wildman–Crippen LogP) is 1.57. The van der Waals surface area contributed by atoms with Crippen molar-refractivity contribution >= 4 is 11.7 Å². The Kier molecular flexibility index (Phi) is 4.41. The molecule has 0 fully saturated rings. The molecular formula is C14H20N6. The van der Waals surface area contributed by atoms with Gasteiger partial charge in [0.25, 0.3) is 0 Å². The number of rotatable bonds is 3. The first-order valence-electron chi connectivity index (χ1n) is 6.88. The summed E-state index contributed by atoms with van der Waals surface area (Å²) in [6.07, 6.45) is 4.69. The van der Waals surface area contributed by atoms with E-state index in [1.54, 1.807) is 0 Å². The van der Waals surface area contributed by atoms with Crippen LogP contribution < -0.4 is 5.73 Å². The SMILES string of the molecule is CCN(C)C(=Nc1cc2n(n1)CCCC2)C(C#N)=CN. The molecule has 6 heteroatoms. The van der Waals surface area contributed by atoms with Crippen LogP contribution in [0.2, 0.25) is 0 Å². The van der Waals surface area contributed by atoms with Gasteiger partial charge in [-0.2, -0.15) is 10.4 Å². The predicted molar refractivity (Wildman–Crippen MR) is 78.4 cm³/mol. The van der Waals surface area contributed by atoms with Crippen molar-refractivity contribution in [2.45, 2.75) is 32.7 Å². The number of nitrogens with zero attached hydrogens (tertiary/aromatic N) is 5. The molecule has 0 saturated heterocycles. The molecule has 2 N–H and O–H groups in total. The van der Waals surface area contributed by atoms with Gasteiger partial charge in [-0.05, 0) is 26.2 Å². The zero-order valence-corrected chi connectivity index (χ0v) is 12.0. The molecular weight excluding hydrogens is 252 g/mol. The Bertz CT molecular complexity index is 551. The van der Waals surface area contributed by atoms with Gasteiger partial charge in [0.2, 0.25) is 0 Å². The van der Waals surface area contributed by atoms with E-state index in [0.717, 1.165) is 25.9 Å². The standard InChI is InChI=1S/C14H20N6/c1-3-19(2)14(11(9-15)10-16)17-13-8-12-6-4-5-7-20(12)18-13/h8-9H,3-7,15H2,1-2H3. The number of hydrogen-bond donors (Lipinski definition) is 1. The number of hydrogen-bond acceptors (Lipinski definition) is 4. The number of aryl methyl sites for hydroxylation is 2. The fourth-order valence-corrected chi connectivity index (χ4v) is 2.23. The summed E-state index contributed by atoms with van der Waals surface area (Å²) >= 11 is 0. The molecule has 20 heavy (non-hydrogen) atoms. The second kappa shape index (κ2) is 6.24. The highest BCUT2D eigenvalue weighted by Crippen LogP contribution is 2.20. The van der Waals surface area contributed by atoms with Crippen LogP contribution in [0.25, 0.3) is 0 Å². The van der Waals surface area contributed by atoms with Gasteiger partial charge in [-0.1, -0.05) is 0 Å². The normalized spacial score (nSPS) is 15.7. The third kappa shape index (κ3) is 2.82. The number of nitriles is 1. The van der Waals surface area contributed by atoms with Crippen molar-refractivity contribution in [1.82, 2.24) is 14.7 Å². The van der Waals surface area contributed by atoms with E-state index in [1.165, 1.54) is 18.3 Å². The van der Waals surface area contributed by atoms with E-state index < -0.39 is 0 Å². The Balaban J connectivity index is 2.37. The molecule has 2 rings (SSSR count). The van der Waals surface area contributed by atoms with Crippen molar-refractivity contribution in [3.05, 3.63) is 23.5 Å². The molecule has 1 aromatic rings. The number of nitrogens with two attached hydrogens (primary N) is 1. The van der Waals surface area contributed by atoms with Gasteiger partial charge in [0.05, 0.1) is 0 Å². The molecule has 0 unspecified atom stereocenters. The van der Waals surface area contributed by atoms with Gasteiger partial charge in [-0.15, -0.1) is 0 Å². The topological polar surface area (TPSA) is 83.2 Å². The fraction of sp³-hybridized carbons (Fsp3) is 0.500. The van der Waals surface area contributed by atoms with E-state index in [0.29, 0.717) is 17.2 Å². The van der Waals surface area contributed by atoms with Crippen LogP contribution in [-0.2, 0) is 13.0 Å². The Morgan fingerprint density at radius 2 is 2.45 bits per heavy atom. The van der Waals surface area contributed by atoms with Crippen molar-refractivity contribution in [2.24, 2.45) is 10.7 Å². The molecule has 0 bridgehead atoms. The lowest BCUT2D eigenvalue weighted by Crippen LogP contribution is -2.28. The largest absolute Gasteiger partial charge is 0.403 e. The van der Waals surface area contributed by atoms with Crippen LogP contribution in [0.15, 0.2) is 22.8 Å². The molecule has 0 atom stereocenters. The molecule has 1 aliphatic rings. The molecule has 0 radical (unpaired) electrons. The zero-order valence-electron chi connectivity index (χ0n) is 12.0. The van der Waals surface area contributed by atoms with Gasteiger partial charge >= 0.3 is 0 Å². The Morgan fingerprint density at radius 1 is 1.65 bits per heavy atom. The van der Waals surface area contributed by atoms with E-state index in [1.807, 2.05) is 29.6 Å². The van der Waals surface area contributed by atoms with E-state index in [-0.39, 0.29) is 0 Å². The average molecular weight is 272 g/mol. The molecule has 0 saturated carbocycles. The molecule has 106 valence electrons. The molecule has 0 aromatic carbocycles. The maximum atomic E-state index is 9.15. The summed E-state index contributed by atoms with van der Waals surface area (Å²) in [4.78, 5) is 6.41. The first-order valence-corrected chi connectivity index (χ1v) is 6.88. The number of aromatic nitrogens is 2. The second-order valence-corrected chi connectivity index (χ2v) is 4.82. The number of likely N-dealkylation sites (N-methyl/N-ethyl adjacent to an activating group) is 1. The lowest BCUT2D eigenvalue weighted by molar-refractivity contribution is 0.486. The van der Waals surface area contributed by atoms with Crippen molar-refractivity contribution in [3.8, 4) is 6.07 Å². The number of fused-ring (bicyclic) bond motifs is 1. The summed E-state index contributed by atoms with van der Waals surface area (Å²) < 4.78 is 2.00. The molecule has 1 aromatic heterocycles. The van der Waals surface area contributed by atoms with Crippen LogP contribution >= 0.6 is 0 Å². The van der Waals surface area contributed by atoms with Crippen LogP contribution in [0.1, 0.15) is 25.5 Å². The van der Waals surface area contributed by atoms with Crippen LogP contribution in [-0.4, -0.2) is 34.1 Å². The maximum Gasteiger partial charge on any atom is 0.176 e. The summed E-state index contributed by atoms with van der Waals surface area (Å²) in [5.41, 5.74) is 7.08. The molecule has 0 spiro atoms. The van der Waals surface area contributed by atoms with Crippen LogP contribution in [0.5, 0.6) is 0 Å². The highest BCUT2D eigenvalue weighted by Gasteiger charge is 2.15. The van der Waals surface area contributed by atoms with Gasteiger partial charge in [0.15, 0.2) is 5.82 Å². The van der Waals surface area contributed by atoms with E-state index in [9.17, 15) is 0 Å². The molecule has 0 aliphatic carbocycles. The van der Waals surface area contributed by atoms with Crippen LogP contribution in [0.3, 0.4) is 0 Å². The minimum Gasteiger partial charge on any atom is -0.403 e. The quantitative estimate of drug-likeness (QED) is 0.514. The summed E-state index contributed by atoms with van der Waals surface area (Å²) in [5.74, 6) is 1.21. The first-order chi connectivity index (χ1) is 9.69. The maximum absolute atomic E-state index is 9.15. The van der Waals surface area contributed by atoms with Crippen LogP contribution in [0, 0.1) is 11.3 Å². The Labute approximate surface area is 119 Å². The van der Waals surface area contributed by atoms with E-state index in [2.05, 4.69) is 16.2 Å². The van der Waals surface area contributed by atoms with Gasteiger partial charge < -0.3 is 10.6 Å². The first kappa shape index (κ1) is 14.1. The fourth-order valence-electron chi connectivity index (χ4n) is 2.23. The minimum atomic E-state index is 0.361. The summed E-state index contributed by atoms with van der Waals surface area (Å²) in [6, 6.07) is 4.07. The van der Waals surface area contributed by atoms with Crippen LogP contribution in [0.4, 0.5) is 5.82 Å². The third-order valence-corrected chi connectivity index (χ3v) is 3.49. The monoisotopic (exact) mass is 272 g/mol. The lowest BCUT2D eigenvalue weighted by atomic mass is 10.1. The van der Waals surface area contributed by atoms with Crippen molar-refractivity contribution in [3.63, 3.8) is 0 Å². The Hall–Kier alpha value is -2.29. The third-order valence-electron chi connectivity index (χ3n) is 3.49.